The molecular formula is C11H17N3OS2. The van der Waals surface area contributed by atoms with Crippen LogP contribution in [0.2, 0.25) is 0 Å². The molecule has 1 aliphatic rings. The monoisotopic (exact) mass is 271 g/mol. The molecule has 0 unspecified atom stereocenters. The predicted octanol–water partition coefficient (Wildman–Crippen LogP) is 2.53. The number of amides is 1. The quantitative estimate of drug-likeness (QED) is 0.809. The Morgan fingerprint density at radius 2 is 2.18 bits per heavy atom. The second kappa shape index (κ2) is 6.35. The average molecular weight is 271 g/mol. The van der Waals surface area contributed by atoms with Crippen molar-refractivity contribution in [1.29, 1.82) is 0 Å². The first-order valence-corrected chi connectivity index (χ1v) is 7.46. The van der Waals surface area contributed by atoms with Gasteiger partial charge in [-0.3, -0.25) is 4.79 Å². The normalized spacial score (nSPS) is 16.3. The first kappa shape index (κ1) is 12.8. The van der Waals surface area contributed by atoms with Gasteiger partial charge in [0.15, 0.2) is 0 Å². The zero-order valence-electron chi connectivity index (χ0n) is 9.69. The first-order valence-electron chi connectivity index (χ1n) is 6.01. The van der Waals surface area contributed by atoms with Crippen molar-refractivity contribution in [1.82, 2.24) is 10.2 Å². The van der Waals surface area contributed by atoms with E-state index < -0.39 is 0 Å². The van der Waals surface area contributed by atoms with Gasteiger partial charge in [0.1, 0.15) is 5.01 Å². The van der Waals surface area contributed by atoms with Crippen molar-refractivity contribution in [3.63, 3.8) is 0 Å². The molecule has 1 amide bonds. The number of nitrogens with zero attached hydrogens (tertiary/aromatic N) is 2. The molecule has 0 atom stereocenters. The molecule has 0 aromatic carbocycles. The smallest absolute Gasteiger partial charge is 0.227 e. The largest absolute Gasteiger partial charge is 0.301 e. The molecule has 1 aromatic heterocycles. The summed E-state index contributed by atoms with van der Waals surface area (Å²) in [5.41, 5.74) is 0. The van der Waals surface area contributed by atoms with E-state index in [-0.39, 0.29) is 5.91 Å². The number of aromatic nitrogens is 2. The molecule has 6 heteroatoms. The average Bonchev–Trinajstić information content (AvgIpc) is 2.91. The Bertz CT molecular complexity index is 375. The van der Waals surface area contributed by atoms with Gasteiger partial charge in [-0.2, -0.15) is 12.6 Å². The molecule has 2 rings (SSSR count). The van der Waals surface area contributed by atoms with Gasteiger partial charge in [-0.1, -0.05) is 37.0 Å². The summed E-state index contributed by atoms with van der Waals surface area (Å²) in [6, 6.07) is 0. The molecule has 17 heavy (non-hydrogen) atoms. The maximum Gasteiger partial charge on any atom is 0.227 e. The number of carbonyl (C=O) groups excluding carboxylic acids is 1. The minimum atomic E-state index is -0.0384. The molecule has 0 saturated heterocycles. The van der Waals surface area contributed by atoms with Gasteiger partial charge < -0.3 is 5.32 Å². The number of nitrogens with one attached hydrogen (secondary N) is 1. The second-order valence-electron chi connectivity index (χ2n) is 4.38. The van der Waals surface area contributed by atoms with Crippen molar-refractivity contribution >= 4 is 35.0 Å². The Kier molecular flexibility index (Phi) is 4.79. The summed E-state index contributed by atoms with van der Waals surface area (Å²) in [7, 11) is 0. The highest BCUT2D eigenvalue weighted by molar-refractivity contribution is 7.80. The maximum absolute atomic E-state index is 11.3. The van der Waals surface area contributed by atoms with E-state index in [1.165, 1.54) is 37.0 Å². The zero-order chi connectivity index (χ0) is 12.1. The van der Waals surface area contributed by atoms with Crippen molar-refractivity contribution in [2.45, 2.75) is 38.5 Å². The van der Waals surface area contributed by atoms with Crippen molar-refractivity contribution in [2.75, 3.05) is 11.1 Å². The highest BCUT2D eigenvalue weighted by Crippen LogP contribution is 2.29. The molecule has 0 radical (unpaired) electrons. The van der Waals surface area contributed by atoms with Crippen LogP contribution in [-0.2, 0) is 11.2 Å². The van der Waals surface area contributed by atoms with Crippen LogP contribution in [0.25, 0.3) is 0 Å². The fourth-order valence-electron chi connectivity index (χ4n) is 2.13. The molecule has 1 saturated carbocycles. The standard InChI is InChI=1S/C11H17N3OS2/c15-9(5-6-16)12-11-14-13-10(17-11)7-8-3-1-2-4-8/h8,16H,1-7H2,(H,12,14,15). The topological polar surface area (TPSA) is 54.9 Å². The fourth-order valence-corrected chi connectivity index (χ4v) is 3.20. The van der Waals surface area contributed by atoms with Gasteiger partial charge in [0.25, 0.3) is 0 Å². The molecule has 1 N–H and O–H groups in total. The van der Waals surface area contributed by atoms with Gasteiger partial charge >= 0.3 is 0 Å². The van der Waals surface area contributed by atoms with Gasteiger partial charge in [0.2, 0.25) is 11.0 Å². The highest BCUT2D eigenvalue weighted by Gasteiger charge is 2.17. The zero-order valence-corrected chi connectivity index (χ0v) is 11.4. The van der Waals surface area contributed by atoms with E-state index in [9.17, 15) is 4.79 Å². The van der Waals surface area contributed by atoms with Gasteiger partial charge in [-0.05, 0) is 11.7 Å². The molecule has 4 nitrogen and oxygen atoms in total. The lowest BCUT2D eigenvalue weighted by Gasteiger charge is -2.03. The molecule has 1 aromatic rings. The first-order chi connectivity index (χ1) is 8.28. The van der Waals surface area contributed by atoms with Crippen molar-refractivity contribution in [2.24, 2.45) is 5.92 Å². The summed E-state index contributed by atoms with van der Waals surface area (Å²) >= 11 is 5.51. The van der Waals surface area contributed by atoms with E-state index in [4.69, 9.17) is 0 Å². The number of hydrogen-bond donors (Lipinski definition) is 2. The maximum atomic E-state index is 11.3. The number of rotatable bonds is 5. The van der Waals surface area contributed by atoms with E-state index >= 15 is 0 Å². The van der Waals surface area contributed by atoms with E-state index in [2.05, 4.69) is 28.1 Å². The third kappa shape index (κ3) is 3.96. The minimum absolute atomic E-state index is 0.0384. The van der Waals surface area contributed by atoms with Gasteiger partial charge in [-0.15, -0.1) is 10.2 Å². The summed E-state index contributed by atoms with van der Waals surface area (Å²) in [6.45, 7) is 0. The summed E-state index contributed by atoms with van der Waals surface area (Å²) < 4.78 is 0. The van der Waals surface area contributed by atoms with Gasteiger partial charge in [0, 0.05) is 12.8 Å². The molecule has 0 bridgehead atoms. The Labute approximate surface area is 111 Å². The van der Waals surface area contributed by atoms with Gasteiger partial charge in [-0.25, -0.2) is 0 Å². The summed E-state index contributed by atoms with van der Waals surface area (Å²) in [5.74, 6) is 1.28. The van der Waals surface area contributed by atoms with Crippen LogP contribution in [0, 0.1) is 5.92 Å². The minimum Gasteiger partial charge on any atom is -0.301 e. The van der Waals surface area contributed by atoms with Crippen LogP contribution in [0.5, 0.6) is 0 Å². The van der Waals surface area contributed by atoms with Crippen LogP contribution in [0.15, 0.2) is 0 Å². The Balaban J connectivity index is 1.84. The predicted molar refractivity (Wildman–Crippen MR) is 72.7 cm³/mol. The van der Waals surface area contributed by atoms with Crippen molar-refractivity contribution < 1.29 is 4.79 Å². The number of thiol groups is 1. The van der Waals surface area contributed by atoms with Crippen molar-refractivity contribution in [3.05, 3.63) is 5.01 Å². The lowest BCUT2D eigenvalue weighted by molar-refractivity contribution is -0.115. The summed E-state index contributed by atoms with van der Waals surface area (Å²) in [6.07, 6.45) is 6.73. The molecule has 1 heterocycles. The lowest BCUT2D eigenvalue weighted by atomic mass is 10.1. The van der Waals surface area contributed by atoms with Gasteiger partial charge in [0.05, 0.1) is 0 Å². The number of hydrogen-bond acceptors (Lipinski definition) is 5. The van der Waals surface area contributed by atoms with Crippen LogP contribution >= 0.6 is 24.0 Å². The van der Waals surface area contributed by atoms with Crippen LogP contribution < -0.4 is 5.32 Å². The van der Waals surface area contributed by atoms with E-state index in [1.807, 2.05) is 0 Å². The third-order valence-electron chi connectivity index (χ3n) is 2.99. The van der Waals surface area contributed by atoms with E-state index in [0.717, 1.165) is 17.3 Å². The molecule has 94 valence electrons. The Morgan fingerprint density at radius 3 is 2.88 bits per heavy atom. The lowest BCUT2D eigenvalue weighted by Crippen LogP contribution is -2.11. The molecular weight excluding hydrogens is 254 g/mol. The molecule has 0 aliphatic heterocycles. The van der Waals surface area contributed by atoms with Crippen LogP contribution in [0.1, 0.15) is 37.1 Å². The Hall–Kier alpha value is -0.620. The van der Waals surface area contributed by atoms with Crippen LogP contribution in [0.3, 0.4) is 0 Å². The fraction of sp³-hybridized carbons (Fsp3) is 0.727. The molecule has 1 aliphatic carbocycles. The highest BCUT2D eigenvalue weighted by atomic mass is 32.1. The van der Waals surface area contributed by atoms with Crippen LogP contribution in [0.4, 0.5) is 5.13 Å². The molecule has 1 fully saturated rings. The van der Waals surface area contributed by atoms with Crippen molar-refractivity contribution in [3.8, 4) is 0 Å². The summed E-state index contributed by atoms with van der Waals surface area (Å²) in [5, 5.41) is 12.5. The number of anilines is 1. The third-order valence-corrected chi connectivity index (χ3v) is 4.07. The number of carbonyl (C=O) groups is 1. The second-order valence-corrected chi connectivity index (χ2v) is 5.89. The SMILES string of the molecule is O=C(CCS)Nc1nnc(CC2CCCC2)s1. The van der Waals surface area contributed by atoms with E-state index in [1.54, 1.807) is 0 Å². The van der Waals surface area contributed by atoms with Crippen LogP contribution in [-0.4, -0.2) is 21.9 Å². The summed E-state index contributed by atoms with van der Waals surface area (Å²) in [4.78, 5) is 11.3. The Morgan fingerprint density at radius 1 is 1.41 bits per heavy atom. The van der Waals surface area contributed by atoms with E-state index in [0.29, 0.717) is 17.3 Å². The molecule has 0 spiro atoms.